The van der Waals surface area contributed by atoms with Crippen LogP contribution in [0.4, 0.5) is 5.69 Å². The molecule has 1 fully saturated rings. The van der Waals surface area contributed by atoms with Crippen LogP contribution < -0.4 is 5.32 Å². The standard InChI is InChI=1S/C20H20ClN3O4/c21-15-9-6-11-17(24(27)28)19(15)20(26)22-13-18(25)23-12-5-4-10-16(23)14-7-2-1-3-8-14/h1-3,6-9,11,16H,4-5,10,12-13H2,(H,22,26)/t16-/m1/s1. The van der Waals surface area contributed by atoms with Gasteiger partial charge < -0.3 is 10.2 Å². The van der Waals surface area contributed by atoms with E-state index in [0.29, 0.717) is 6.54 Å². The molecule has 146 valence electrons. The maximum Gasteiger partial charge on any atom is 0.283 e. The van der Waals surface area contributed by atoms with Gasteiger partial charge in [0.15, 0.2) is 0 Å². The van der Waals surface area contributed by atoms with E-state index in [2.05, 4.69) is 5.32 Å². The molecule has 2 aromatic rings. The molecule has 1 N–H and O–H groups in total. The zero-order valence-electron chi connectivity index (χ0n) is 15.1. The molecular weight excluding hydrogens is 382 g/mol. The van der Waals surface area contributed by atoms with Crippen LogP contribution in [0.25, 0.3) is 0 Å². The second-order valence-corrected chi connectivity index (χ2v) is 6.99. The van der Waals surface area contributed by atoms with Crippen molar-refractivity contribution >= 4 is 29.1 Å². The monoisotopic (exact) mass is 401 g/mol. The molecule has 2 amide bonds. The largest absolute Gasteiger partial charge is 0.343 e. The maximum atomic E-state index is 12.8. The molecular formula is C20H20ClN3O4. The Labute approximate surface area is 167 Å². The molecule has 1 saturated heterocycles. The van der Waals surface area contributed by atoms with Crippen LogP contribution in [0.15, 0.2) is 48.5 Å². The number of halogens is 1. The lowest BCUT2D eigenvalue weighted by molar-refractivity contribution is -0.385. The summed E-state index contributed by atoms with van der Waals surface area (Å²) in [6.45, 7) is 0.366. The molecule has 1 aliphatic heterocycles. The number of nitro benzene ring substituents is 1. The van der Waals surface area contributed by atoms with Crippen molar-refractivity contribution in [3.05, 3.63) is 74.8 Å². The van der Waals surface area contributed by atoms with Crippen LogP contribution in [0.2, 0.25) is 5.02 Å². The molecule has 3 rings (SSSR count). The van der Waals surface area contributed by atoms with Crippen LogP contribution in [0.1, 0.15) is 41.2 Å². The fraction of sp³-hybridized carbons (Fsp3) is 0.300. The molecule has 0 aliphatic carbocycles. The topological polar surface area (TPSA) is 92.6 Å². The van der Waals surface area contributed by atoms with Gasteiger partial charge in [-0.2, -0.15) is 0 Å². The van der Waals surface area contributed by atoms with Crippen molar-refractivity contribution in [2.75, 3.05) is 13.1 Å². The number of hydrogen-bond donors (Lipinski definition) is 1. The van der Waals surface area contributed by atoms with E-state index in [1.807, 2.05) is 30.3 Å². The smallest absolute Gasteiger partial charge is 0.283 e. The first-order valence-corrected chi connectivity index (χ1v) is 9.42. The number of amides is 2. The third kappa shape index (κ3) is 4.31. The summed E-state index contributed by atoms with van der Waals surface area (Å²) in [5, 5.41) is 13.6. The number of carbonyl (C=O) groups excluding carboxylic acids is 2. The van der Waals surface area contributed by atoms with Crippen molar-refractivity contribution in [3.63, 3.8) is 0 Å². The van der Waals surface area contributed by atoms with E-state index < -0.39 is 16.5 Å². The quantitative estimate of drug-likeness (QED) is 0.610. The van der Waals surface area contributed by atoms with Gasteiger partial charge in [-0.1, -0.05) is 48.0 Å². The van der Waals surface area contributed by atoms with E-state index in [1.54, 1.807) is 4.90 Å². The molecule has 2 aromatic carbocycles. The fourth-order valence-corrected chi connectivity index (χ4v) is 3.74. The van der Waals surface area contributed by atoms with E-state index in [1.165, 1.54) is 18.2 Å². The number of nitrogens with one attached hydrogen (secondary N) is 1. The third-order valence-electron chi connectivity index (χ3n) is 4.82. The average molecular weight is 402 g/mol. The van der Waals surface area contributed by atoms with Gasteiger partial charge in [-0.05, 0) is 30.9 Å². The fourth-order valence-electron chi connectivity index (χ4n) is 3.49. The Morgan fingerprint density at radius 1 is 1.14 bits per heavy atom. The zero-order chi connectivity index (χ0) is 20.1. The first kappa shape index (κ1) is 19.8. The Morgan fingerprint density at radius 3 is 2.61 bits per heavy atom. The molecule has 0 aromatic heterocycles. The van der Waals surface area contributed by atoms with Gasteiger partial charge in [-0.15, -0.1) is 0 Å². The van der Waals surface area contributed by atoms with Crippen molar-refractivity contribution in [2.24, 2.45) is 0 Å². The molecule has 0 bridgehead atoms. The summed E-state index contributed by atoms with van der Waals surface area (Å²) in [5.41, 5.74) is 0.432. The lowest BCUT2D eigenvalue weighted by Gasteiger charge is -2.36. The van der Waals surface area contributed by atoms with Crippen molar-refractivity contribution < 1.29 is 14.5 Å². The average Bonchev–Trinajstić information content (AvgIpc) is 2.72. The number of benzene rings is 2. The van der Waals surface area contributed by atoms with E-state index in [4.69, 9.17) is 11.6 Å². The summed E-state index contributed by atoms with van der Waals surface area (Å²) in [6.07, 6.45) is 2.79. The van der Waals surface area contributed by atoms with E-state index in [0.717, 1.165) is 24.8 Å². The van der Waals surface area contributed by atoms with Crippen LogP contribution >= 0.6 is 11.6 Å². The first-order chi connectivity index (χ1) is 13.5. The van der Waals surface area contributed by atoms with Crippen molar-refractivity contribution in [3.8, 4) is 0 Å². The van der Waals surface area contributed by atoms with Gasteiger partial charge in [0, 0.05) is 12.6 Å². The van der Waals surface area contributed by atoms with Crippen molar-refractivity contribution in [1.29, 1.82) is 0 Å². The second kappa shape index (κ2) is 8.84. The summed E-state index contributed by atoms with van der Waals surface area (Å²) in [7, 11) is 0. The molecule has 28 heavy (non-hydrogen) atoms. The molecule has 7 nitrogen and oxygen atoms in total. The van der Waals surface area contributed by atoms with Gasteiger partial charge >= 0.3 is 0 Å². The summed E-state index contributed by atoms with van der Waals surface area (Å²) in [5.74, 6) is -0.962. The third-order valence-corrected chi connectivity index (χ3v) is 5.14. The van der Waals surface area contributed by atoms with Gasteiger partial charge in [0.25, 0.3) is 11.6 Å². The van der Waals surface area contributed by atoms with Crippen LogP contribution in [-0.2, 0) is 4.79 Å². The predicted octanol–water partition coefficient (Wildman–Crippen LogP) is 3.73. The first-order valence-electron chi connectivity index (χ1n) is 9.04. The highest BCUT2D eigenvalue weighted by molar-refractivity contribution is 6.34. The Hall–Kier alpha value is -2.93. The van der Waals surface area contributed by atoms with Gasteiger partial charge in [-0.25, -0.2) is 0 Å². The lowest BCUT2D eigenvalue weighted by Crippen LogP contribution is -2.44. The Kier molecular flexibility index (Phi) is 6.26. The number of carbonyl (C=O) groups is 2. The van der Waals surface area contributed by atoms with Gasteiger partial charge in [0.2, 0.25) is 5.91 Å². The highest BCUT2D eigenvalue weighted by Crippen LogP contribution is 2.31. The zero-order valence-corrected chi connectivity index (χ0v) is 15.9. The van der Waals surface area contributed by atoms with Crippen molar-refractivity contribution in [1.82, 2.24) is 10.2 Å². The number of likely N-dealkylation sites (tertiary alicyclic amines) is 1. The molecule has 0 radical (unpaired) electrons. The minimum atomic E-state index is -0.737. The Morgan fingerprint density at radius 2 is 1.89 bits per heavy atom. The molecule has 1 atom stereocenters. The van der Waals surface area contributed by atoms with Crippen LogP contribution in [0.3, 0.4) is 0 Å². The summed E-state index contributed by atoms with van der Waals surface area (Å²) < 4.78 is 0. The Bertz CT molecular complexity index is 888. The second-order valence-electron chi connectivity index (χ2n) is 6.58. The predicted molar refractivity (Wildman–Crippen MR) is 105 cm³/mol. The minimum absolute atomic E-state index is 0.0284. The molecule has 0 spiro atoms. The van der Waals surface area contributed by atoms with E-state index >= 15 is 0 Å². The number of piperidine rings is 1. The number of hydrogen-bond acceptors (Lipinski definition) is 4. The number of rotatable bonds is 5. The molecule has 0 saturated carbocycles. The van der Waals surface area contributed by atoms with Crippen LogP contribution in [0.5, 0.6) is 0 Å². The van der Waals surface area contributed by atoms with E-state index in [-0.39, 0.29) is 29.1 Å². The highest BCUT2D eigenvalue weighted by Gasteiger charge is 2.29. The highest BCUT2D eigenvalue weighted by atomic mass is 35.5. The number of nitrogens with zero attached hydrogens (tertiary/aromatic N) is 2. The summed E-state index contributed by atoms with van der Waals surface area (Å²) >= 11 is 5.97. The Balaban J connectivity index is 1.71. The normalized spacial score (nSPS) is 16.5. The van der Waals surface area contributed by atoms with Crippen molar-refractivity contribution in [2.45, 2.75) is 25.3 Å². The maximum absolute atomic E-state index is 12.8. The van der Waals surface area contributed by atoms with E-state index in [9.17, 15) is 19.7 Å². The summed E-state index contributed by atoms with van der Waals surface area (Å²) in [6, 6.07) is 13.8. The molecule has 8 heteroatoms. The number of nitro groups is 1. The van der Waals surface area contributed by atoms with Gasteiger partial charge in [0.05, 0.1) is 22.5 Å². The van der Waals surface area contributed by atoms with Gasteiger partial charge in [0.1, 0.15) is 5.56 Å². The molecule has 1 aliphatic rings. The van der Waals surface area contributed by atoms with Crippen LogP contribution in [0, 0.1) is 10.1 Å². The SMILES string of the molecule is O=C(NCC(=O)N1CCCC[C@@H]1c1ccccc1)c1c(Cl)cccc1[N+](=O)[O-]. The van der Waals surface area contributed by atoms with Crippen LogP contribution in [-0.4, -0.2) is 34.7 Å². The summed E-state index contributed by atoms with van der Waals surface area (Å²) in [4.78, 5) is 37.5. The molecule has 1 heterocycles. The minimum Gasteiger partial charge on any atom is -0.343 e. The molecule has 0 unspecified atom stereocenters. The lowest BCUT2D eigenvalue weighted by atomic mass is 9.95. The van der Waals surface area contributed by atoms with Gasteiger partial charge in [-0.3, -0.25) is 19.7 Å².